The summed E-state index contributed by atoms with van der Waals surface area (Å²) in [6.07, 6.45) is 47.2. The number of hydrogen-bond acceptors (Lipinski definition) is 7. The number of unbranched alkanes of at least 4 members (excludes halogenated alkanes) is 21. The second-order valence-corrected chi connectivity index (χ2v) is 16.9. The maximum absolute atomic E-state index is 12.2. The minimum absolute atomic E-state index is 0.0858. The van der Waals surface area contributed by atoms with Crippen LogP contribution in [0.3, 0.4) is 0 Å². The third kappa shape index (κ3) is 37.9. The highest BCUT2D eigenvalue weighted by molar-refractivity contribution is 5.69. The number of hydrogen-bond donors (Lipinski definition) is 0. The van der Waals surface area contributed by atoms with Crippen molar-refractivity contribution in [3.8, 4) is 11.5 Å². The monoisotopic (exact) mass is 838 g/mol. The van der Waals surface area contributed by atoms with E-state index >= 15 is 0 Å². The Hall–Kier alpha value is -3.06. The molecule has 1 aromatic rings. The van der Waals surface area contributed by atoms with E-state index in [2.05, 4.69) is 67.3 Å². The number of esters is 2. The third-order valence-corrected chi connectivity index (χ3v) is 10.6. The van der Waals surface area contributed by atoms with Crippen molar-refractivity contribution in [2.45, 2.75) is 213 Å². The molecule has 0 aromatic heterocycles. The number of carbonyl (C=O) groups excluding carboxylic acids is 2. The molecule has 0 radical (unpaired) electrons. The molecule has 0 amide bonds. The highest BCUT2D eigenvalue weighted by Gasteiger charge is 2.07. The molecule has 0 heterocycles. The van der Waals surface area contributed by atoms with E-state index in [1.54, 1.807) is 0 Å². The van der Waals surface area contributed by atoms with Crippen LogP contribution in [0.4, 0.5) is 0 Å². The smallest absolute Gasteiger partial charge is 0.305 e. The van der Waals surface area contributed by atoms with Crippen LogP contribution >= 0.6 is 0 Å². The summed E-state index contributed by atoms with van der Waals surface area (Å²) in [5, 5.41) is 0. The van der Waals surface area contributed by atoms with Gasteiger partial charge in [-0.15, -0.1) is 0 Å². The van der Waals surface area contributed by atoms with E-state index < -0.39 is 0 Å². The molecule has 0 bridgehead atoms. The average Bonchev–Trinajstić information content (AvgIpc) is 3.23. The van der Waals surface area contributed by atoms with Gasteiger partial charge in [0.15, 0.2) is 0 Å². The Labute approximate surface area is 369 Å². The van der Waals surface area contributed by atoms with Crippen LogP contribution in [0.25, 0.3) is 0 Å². The van der Waals surface area contributed by atoms with E-state index in [0.717, 1.165) is 87.8 Å². The van der Waals surface area contributed by atoms with Crippen LogP contribution in [0.2, 0.25) is 0 Å². The van der Waals surface area contributed by atoms with E-state index in [9.17, 15) is 9.59 Å². The fourth-order valence-electron chi connectivity index (χ4n) is 6.98. The minimum atomic E-state index is -0.0910. The van der Waals surface area contributed by atoms with Crippen molar-refractivity contribution in [2.24, 2.45) is 0 Å². The van der Waals surface area contributed by atoms with Crippen LogP contribution in [0.5, 0.6) is 11.5 Å². The normalized spacial score (nSPS) is 11.8. The first-order valence-corrected chi connectivity index (χ1v) is 24.7. The SMILES string of the molecule is CCCCC/C=C\C/C=C\CCCCCCCC(=O)OCCCCOc1cc(CN(C)C)cc(OCCCCOC(=O)CCCCCCC/C=C\CCCCCCCC)c1. The van der Waals surface area contributed by atoms with Gasteiger partial charge < -0.3 is 23.8 Å². The van der Waals surface area contributed by atoms with E-state index in [4.69, 9.17) is 18.9 Å². The summed E-state index contributed by atoms with van der Waals surface area (Å²) in [5.41, 5.74) is 1.12. The van der Waals surface area contributed by atoms with Crippen LogP contribution in [0.15, 0.2) is 54.7 Å². The summed E-state index contributed by atoms with van der Waals surface area (Å²) in [5.74, 6) is 1.39. The van der Waals surface area contributed by atoms with Gasteiger partial charge in [-0.3, -0.25) is 9.59 Å². The maximum Gasteiger partial charge on any atom is 0.305 e. The van der Waals surface area contributed by atoms with Gasteiger partial charge in [0.05, 0.1) is 26.4 Å². The number of nitrogens with zero attached hydrogens (tertiary/aromatic N) is 1. The van der Waals surface area contributed by atoms with Crippen molar-refractivity contribution in [1.82, 2.24) is 4.90 Å². The molecule has 0 atom stereocenters. The molecule has 344 valence electrons. The van der Waals surface area contributed by atoms with E-state index in [1.807, 2.05) is 20.2 Å². The molecule has 0 aliphatic rings. The quantitative estimate of drug-likeness (QED) is 0.0368. The zero-order chi connectivity index (χ0) is 43.4. The zero-order valence-corrected chi connectivity index (χ0v) is 39.3. The van der Waals surface area contributed by atoms with Gasteiger partial charge in [0.25, 0.3) is 0 Å². The van der Waals surface area contributed by atoms with Gasteiger partial charge in [0, 0.05) is 25.5 Å². The molecule has 7 heteroatoms. The highest BCUT2D eigenvalue weighted by atomic mass is 16.5. The topological polar surface area (TPSA) is 74.3 Å². The molecule has 60 heavy (non-hydrogen) atoms. The second-order valence-electron chi connectivity index (χ2n) is 16.9. The summed E-state index contributed by atoms with van der Waals surface area (Å²) in [6, 6.07) is 6.07. The molecule has 0 aliphatic carbocycles. The molecule has 0 aliphatic heterocycles. The third-order valence-electron chi connectivity index (χ3n) is 10.6. The first-order valence-electron chi connectivity index (χ1n) is 24.7. The Bertz CT molecular complexity index is 1220. The molecule has 0 unspecified atom stereocenters. The summed E-state index contributed by atoms with van der Waals surface area (Å²) >= 11 is 0. The Morgan fingerprint density at radius 1 is 0.450 bits per heavy atom. The lowest BCUT2D eigenvalue weighted by Gasteiger charge is -2.15. The van der Waals surface area contributed by atoms with Crippen LogP contribution in [0.1, 0.15) is 212 Å². The number of rotatable bonds is 43. The molecule has 1 aromatic carbocycles. The Balaban J connectivity index is 2.09. The number of ether oxygens (including phenoxy) is 4. The second kappa shape index (κ2) is 42.6. The van der Waals surface area contributed by atoms with E-state index in [-0.39, 0.29) is 11.9 Å². The molecular weight excluding hydrogens is 747 g/mol. The lowest BCUT2D eigenvalue weighted by molar-refractivity contribution is -0.144. The van der Waals surface area contributed by atoms with Crippen LogP contribution in [-0.4, -0.2) is 57.4 Å². The van der Waals surface area contributed by atoms with Crippen molar-refractivity contribution in [1.29, 1.82) is 0 Å². The molecule has 1 rings (SSSR count). The fourth-order valence-corrected chi connectivity index (χ4v) is 6.98. The largest absolute Gasteiger partial charge is 0.493 e. The van der Waals surface area contributed by atoms with Gasteiger partial charge in [-0.05, 0) is 128 Å². The number of carbonyl (C=O) groups is 2. The van der Waals surface area contributed by atoms with E-state index in [0.29, 0.717) is 39.3 Å². The molecule has 0 fully saturated rings. The first-order chi connectivity index (χ1) is 29.4. The van der Waals surface area contributed by atoms with Gasteiger partial charge >= 0.3 is 11.9 Å². The molecule has 7 nitrogen and oxygen atoms in total. The fraction of sp³-hybridized carbons (Fsp3) is 0.736. The van der Waals surface area contributed by atoms with Crippen molar-refractivity contribution in [3.63, 3.8) is 0 Å². The maximum atomic E-state index is 12.2. The van der Waals surface area contributed by atoms with Crippen molar-refractivity contribution in [3.05, 3.63) is 60.2 Å². The molecular formula is C53H91NO6. The molecule has 0 saturated heterocycles. The average molecular weight is 838 g/mol. The minimum Gasteiger partial charge on any atom is -0.493 e. The Kier molecular flexibility index (Phi) is 39.0. The Morgan fingerprint density at radius 2 is 0.817 bits per heavy atom. The number of allylic oxidation sites excluding steroid dienone is 6. The summed E-state index contributed by atoms with van der Waals surface area (Å²) in [4.78, 5) is 26.5. The Morgan fingerprint density at radius 3 is 1.27 bits per heavy atom. The lowest BCUT2D eigenvalue weighted by atomic mass is 10.1. The first kappa shape index (κ1) is 55.0. The van der Waals surface area contributed by atoms with E-state index in [1.165, 1.54) is 116 Å². The zero-order valence-electron chi connectivity index (χ0n) is 39.3. The predicted octanol–water partition coefficient (Wildman–Crippen LogP) is 15.0. The van der Waals surface area contributed by atoms with Crippen LogP contribution < -0.4 is 9.47 Å². The van der Waals surface area contributed by atoms with Gasteiger partial charge in [-0.1, -0.05) is 134 Å². The molecule has 0 N–H and O–H groups in total. The standard InChI is InChI=1S/C53H91NO6/c1-5-7-9-11-13-15-17-19-21-23-25-27-29-31-33-39-52(55)59-43-37-35-41-57-50-45-49(48-54(3)4)46-51(47-50)58-42-36-38-44-60-53(56)40-34-32-30-28-26-24-22-20-18-16-14-12-10-8-6-2/h13,15,19-22,45-47H,5-12,14,16-18,23-44,48H2,1-4H3/b15-13-,21-19-,22-20-. The highest BCUT2D eigenvalue weighted by Crippen LogP contribution is 2.24. The van der Waals surface area contributed by atoms with Gasteiger partial charge in [-0.25, -0.2) is 0 Å². The summed E-state index contributed by atoms with van der Waals surface area (Å²) in [6.45, 7) is 7.27. The number of benzene rings is 1. The summed E-state index contributed by atoms with van der Waals surface area (Å²) < 4.78 is 23.1. The lowest BCUT2D eigenvalue weighted by Crippen LogP contribution is -2.11. The van der Waals surface area contributed by atoms with Gasteiger partial charge in [-0.2, -0.15) is 0 Å². The van der Waals surface area contributed by atoms with Gasteiger partial charge in [0.1, 0.15) is 11.5 Å². The van der Waals surface area contributed by atoms with Crippen molar-refractivity contribution < 1.29 is 28.5 Å². The van der Waals surface area contributed by atoms with Gasteiger partial charge in [0.2, 0.25) is 0 Å². The summed E-state index contributed by atoms with van der Waals surface area (Å²) in [7, 11) is 4.09. The van der Waals surface area contributed by atoms with Crippen LogP contribution in [0, 0.1) is 0 Å². The van der Waals surface area contributed by atoms with Crippen molar-refractivity contribution >= 4 is 11.9 Å². The predicted molar refractivity (Wildman–Crippen MR) is 254 cm³/mol. The molecule has 0 spiro atoms. The van der Waals surface area contributed by atoms with Crippen LogP contribution in [-0.2, 0) is 25.6 Å². The van der Waals surface area contributed by atoms with Crippen molar-refractivity contribution in [2.75, 3.05) is 40.5 Å². The molecule has 0 saturated carbocycles.